The minimum Gasteiger partial charge on any atom is -0.433 e. The fraction of sp³-hybridized carbons (Fsp3) is 0.235. The number of aryl methyl sites for hydroxylation is 2. The van der Waals surface area contributed by atoms with Gasteiger partial charge in [0.15, 0.2) is 0 Å². The molecule has 0 spiro atoms. The highest BCUT2D eigenvalue weighted by atomic mass is 32.2. The van der Waals surface area contributed by atoms with Gasteiger partial charge in [0.05, 0.1) is 10.6 Å². The van der Waals surface area contributed by atoms with Crippen LogP contribution < -0.4 is 14.8 Å². The maximum absolute atomic E-state index is 12.8. The number of nitrogens with one attached hydrogen (secondary N) is 2. The molecule has 2 aromatic rings. The molecule has 0 atom stereocenters. The first kappa shape index (κ1) is 19.6. The number of ether oxygens (including phenoxy) is 1. The van der Waals surface area contributed by atoms with Crippen molar-refractivity contribution in [1.82, 2.24) is 0 Å². The van der Waals surface area contributed by atoms with Crippen LogP contribution >= 0.6 is 0 Å². The third kappa shape index (κ3) is 4.69. The quantitative estimate of drug-likeness (QED) is 0.796. The van der Waals surface area contributed by atoms with Crippen molar-refractivity contribution in [3.8, 4) is 5.75 Å². The highest BCUT2D eigenvalue weighted by Crippen LogP contribution is 2.31. The van der Waals surface area contributed by atoms with Gasteiger partial charge in [-0.3, -0.25) is 9.52 Å². The first-order valence-electron chi connectivity index (χ1n) is 7.55. The molecule has 140 valence electrons. The summed E-state index contributed by atoms with van der Waals surface area (Å²) >= 11 is 0. The van der Waals surface area contributed by atoms with Crippen molar-refractivity contribution in [2.24, 2.45) is 0 Å². The van der Waals surface area contributed by atoms with Crippen molar-refractivity contribution in [2.75, 3.05) is 10.0 Å². The minimum atomic E-state index is -4.07. The second kappa shape index (κ2) is 7.69. The highest BCUT2D eigenvalue weighted by molar-refractivity contribution is 7.92. The second-order valence-electron chi connectivity index (χ2n) is 5.60. The monoisotopic (exact) mass is 384 g/mol. The Morgan fingerprint density at radius 2 is 1.69 bits per heavy atom. The Morgan fingerprint density at radius 1 is 1.12 bits per heavy atom. The van der Waals surface area contributed by atoms with E-state index in [1.165, 1.54) is 43.3 Å². The van der Waals surface area contributed by atoms with Crippen LogP contribution in [0.3, 0.4) is 0 Å². The van der Waals surface area contributed by atoms with Crippen molar-refractivity contribution < 1.29 is 26.7 Å². The lowest BCUT2D eigenvalue weighted by Crippen LogP contribution is -2.17. The molecule has 0 radical (unpaired) electrons. The molecule has 0 saturated heterocycles. The molecule has 0 aliphatic heterocycles. The largest absolute Gasteiger partial charge is 0.433 e. The van der Waals surface area contributed by atoms with E-state index in [0.29, 0.717) is 16.8 Å². The normalized spacial score (nSPS) is 11.3. The number of benzene rings is 2. The van der Waals surface area contributed by atoms with Crippen molar-refractivity contribution in [1.29, 1.82) is 0 Å². The molecule has 0 fully saturated rings. The first-order valence-corrected chi connectivity index (χ1v) is 9.04. The highest BCUT2D eigenvalue weighted by Gasteiger charge is 2.22. The molecule has 0 saturated carbocycles. The Morgan fingerprint density at radius 3 is 2.23 bits per heavy atom. The lowest BCUT2D eigenvalue weighted by molar-refractivity contribution is -0.114. The van der Waals surface area contributed by atoms with Crippen molar-refractivity contribution in [3.05, 3.63) is 47.5 Å². The number of carbonyl (C=O) groups excluding carboxylic acids is 1. The summed E-state index contributed by atoms with van der Waals surface area (Å²) in [5, 5.41) is 2.59. The molecule has 6 nitrogen and oxygen atoms in total. The Balaban J connectivity index is 2.42. The van der Waals surface area contributed by atoms with Crippen LogP contribution in [-0.2, 0) is 14.8 Å². The smallest absolute Gasteiger partial charge is 0.387 e. The lowest BCUT2D eigenvalue weighted by Gasteiger charge is -2.16. The van der Waals surface area contributed by atoms with Crippen molar-refractivity contribution in [2.45, 2.75) is 32.3 Å². The van der Waals surface area contributed by atoms with Crippen LogP contribution in [0.5, 0.6) is 5.75 Å². The predicted octanol–water partition coefficient (Wildman–Crippen LogP) is 3.66. The van der Waals surface area contributed by atoms with E-state index >= 15 is 0 Å². The van der Waals surface area contributed by atoms with Gasteiger partial charge in [0.25, 0.3) is 10.0 Å². The number of sulfonamides is 1. The van der Waals surface area contributed by atoms with Gasteiger partial charge in [0, 0.05) is 12.6 Å². The summed E-state index contributed by atoms with van der Waals surface area (Å²) in [5.41, 5.74) is 1.16. The first-order chi connectivity index (χ1) is 12.1. The summed E-state index contributed by atoms with van der Waals surface area (Å²) < 4.78 is 57.2. The van der Waals surface area contributed by atoms with Gasteiger partial charge >= 0.3 is 6.61 Å². The maximum atomic E-state index is 12.8. The summed E-state index contributed by atoms with van der Waals surface area (Å²) in [6, 6.07) is 8.55. The predicted molar refractivity (Wildman–Crippen MR) is 94.1 cm³/mol. The van der Waals surface area contributed by atoms with Crippen LogP contribution in [-0.4, -0.2) is 20.9 Å². The number of hydrogen-bond donors (Lipinski definition) is 2. The number of alkyl halides is 2. The van der Waals surface area contributed by atoms with Gasteiger partial charge in [0.1, 0.15) is 5.75 Å². The van der Waals surface area contributed by atoms with Crippen LogP contribution in [0.25, 0.3) is 0 Å². The average Bonchev–Trinajstić information content (AvgIpc) is 2.46. The van der Waals surface area contributed by atoms with Gasteiger partial charge in [0.2, 0.25) is 5.91 Å². The zero-order chi connectivity index (χ0) is 19.5. The molecule has 0 heterocycles. The maximum Gasteiger partial charge on any atom is 0.387 e. The Bertz CT molecular complexity index is 907. The molecule has 1 amide bonds. The molecule has 0 aromatic heterocycles. The average molecular weight is 384 g/mol. The minimum absolute atomic E-state index is 0.00143. The Labute approximate surface area is 150 Å². The molecular weight excluding hydrogens is 366 g/mol. The molecule has 26 heavy (non-hydrogen) atoms. The van der Waals surface area contributed by atoms with E-state index in [-0.39, 0.29) is 22.2 Å². The standard InChI is InChI=1S/C17H18F2N2O4S/c1-10-8-13(20-12(3)22)9-11(2)16(10)26(23,24)21-14-6-4-5-7-15(14)25-17(18)19/h4-9,17,21H,1-3H3,(H,20,22). The summed E-state index contributed by atoms with van der Waals surface area (Å²) in [5.74, 6) is -0.563. The van der Waals surface area contributed by atoms with E-state index in [9.17, 15) is 22.0 Å². The van der Waals surface area contributed by atoms with Gasteiger partial charge in [-0.1, -0.05) is 12.1 Å². The molecule has 0 bridgehead atoms. The molecule has 9 heteroatoms. The number of hydrogen-bond acceptors (Lipinski definition) is 4. The van der Waals surface area contributed by atoms with E-state index in [1.807, 2.05) is 0 Å². The van der Waals surface area contributed by atoms with Crippen LogP contribution in [0.4, 0.5) is 20.2 Å². The second-order valence-corrected chi connectivity index (χ2v) is 7.22. The summed E-state index contributed by atoms with van der Waals surface area (Å²) in [4.78, 5) is 11.2. The molecule has 2 rings (SSSR count). The van der Waals surface area contributed by atoms with Crippen LogP contribution in [0.2, 0.25) is 0 Å². The molecule has 0 unspecified atom stereocenters. The summed E-state index contributed by atoms with van der Waals surface area (Å²) in [6.07, 6.45) is 0. The number of para-hydroxylation sites is 2. The lowest BCUT2D eigenvalue weighted by atomic mass is 10.1. The number of carbonyl (C=O) groups is 1. The molecular formula is C17H18F2N2O4S. The Hall–Kier alpha value is -2.68. The number of amides is 1. The topological polar surface area (TPSA) is 84.5 Å². The third-order valence-electron chi connectivity index (χ3n) is 3.40. The van der Waals surface area contributed by atoms with Gasteiger partial charge in [-0.25, -0.2) is 8.42 Å². The third-order valence-corrected chi connectivity index (χ3v) is 5.07. The van der Waals surface area contributed by atoms with Gasteiger partial charge in [-0.05, 0) is 49.2 Å². The number of halogens is 2. The zero-order valence-corrected chi connectivity index (χ0v) is 15.2. The van der Waals surface area contributed by atoms with E-state index in [0.717, 1.165) is 0 Å². The van der Waals surface area contributed by atoms with Crippen molar-refractivity contribution >= 4 is 27.3 Å². The van der Waals surface area contributed by atoms with E-state index < -0.39 is 16.6 Å². The van der Waals surface area contributed by atoms with Crippen LogP contribution in [0.15, 0.2) is 41.3 Å². The van der Waals surface area contributed by atoms with Crippen LogP contribution in [0, 0.1) is 13.8 Å². The summed E-state index contributed by atoms with van der Waals surface area (Å²) in [7, 11) is -4.07. The van der Waals surface area contributed by atoms with Crippen LogP contribution in [0.1, 0.15) is 18.1 Å². The fourth-order valence-corrected chi connectivity index (χ4v) is 4.12. The Kier molecular flexibility index (Phi) is 5.81. The fourth-order valence-electron chi connectivity index (χ4n) is 2.60. The number of rotatable bonds is 6. The molecule has 0 aliphatic carbocycles. The number of anilines is 2. The van der Waals surface area contributed by atoms with E-state index in [4.69, 9.17) is 0 Å². The molecule has 0 aliphatic rings. The zero-order valence-electron chi connectivity index (χ0n) is 14.3. The SMILES string of the molecule is CC(=O)Nc1cc(C)c(S(=O)(=O)Nc2ccccc2OC(F)F)c(C)c1. The van der Waals surface area contributed by atoms with E-state index in [1.54, 1.807) is 13.8 Å². The van der Waals surface area contributed by atoms with Crippen molar-refractivity contribution in [3.63, 3.8) is 0 Å². The molecule has 2 aromatic carbocycles. The molecule has 2 N–H and O–H groups in total. The summed E-state index contributed by atoms with van der Waals surface area (Å²) in [6.45, 7) is 1.42. The van der Waals surface area contributed by atoms with E-state index in [2.05, 4.69) is 14.8 Å². The van der Waals surface area contributed by atoms with Gasteiger partial charge < -0.3 is 10.1 Å². The van der Waals surface area contributed by atoms with Gasteiger partial charge in [-0.15, -0.1) is 0 Å². The van der Waals surface area contributed by atoms with Gasteiger partial charge in [-0.2, -0.15) is 8.78 Å².